The number of nitrogens with one attached hydrogen (secondary N) is 3. The predicted molar refractivity (Wildman–Crippen MR) is 82.4 cm³/mol. The smallest absolute Gasteiger partial charge is 0.272 e. The van der Waals surface area contributed by atoms with Crippen LogP contribution in [0.2, 0.25) is 0 Å². The highest BCUT2D eigenvalue weighted by Crippen LogP contribution is 2.55. The third kappa shape index (κ3) is 1.94. The van der Waals surface area contributed by atoms with Crippen molar-refractivity contribution in [1.82, 2.24) is 20.8 Å². The Bertz CT molecular complexity index is 585. The van der Waals surface area contributed by atoms with Gasteiger partial charge in [0.2, 0.25) is 0 Å². The zero-order valence-corrected chi connectivity index (χ0v) is 13.0. The summed E-state index contributed by atoms with van der Waals surface area (Å²) in [5.41, 5.74) is 2.90. The molecule has 0 spiro atoms. The molecule has 6 rings (SSSR count). The van der Waals surface area contributed by atoms with Gasteiger partial charge in [-0.2, -0.15) is 5.10 Å². The van der Waals surface area contributed by atoms with Crippen LogP contribution in [-0.4, -0.2) is 28.2 Å². The van der Waals surface area contributed by atoms with Crippen LogP contribution >= 0.6 is 0 Å². The molecule has 4 bridgehead atoms. The lowest BCUT2D eigenvalue weighted by Crippen LogP contribution is -2.60. The topological polar surface area (TPSA) is 69.8 Å². The van der Waals surface area contributed by atoms with Crippen molar-refractivity contribution in [3.05, 3.63) is 17.0 Å². The minimum atomic E-state index is 0.0446. The zero-order chi connectivity index (χ0) is 14.7. The Morgan fingerprint density at radius 2 is 1.82 bits per heavy atom. The Labute approximate surface area is 130 Å². The van der Waals surface area contributed by atoms with Crippen LogP contribution in [0, 0.1) is 17.8 Å². The van der Waals surface area contributed by atoms with E-state index in [1.165, 1.54) is 38.5 Å². The molecule has 5 aliphatic rings. The first-order chi connectivity index (χ1) is 10.7. The van der Waals surface area contributed by atoms with Crippen LogP contribution in [0.15, 0.2) is 0 Å². The summed E-state index contributed by atoms with van der Waals surface area (Å²) in [6, 6.07) is 0. The fourth-order valence-corrected chi connectivity index (χ4v) is 5.98. The van der Waals surface area contributed by atoms with Crippen molar-refractivity contribution in [2.45, 2.75) is 57.0 Å². The average molecular weight is 300 g/mol. The van der Waals surface area contributed by atoms with E-state index in [0.717, 1.165) is 48.5 Å². The lowest BCUT2D eigenvalue weighted by molar-refractivity contribution is -0.0168. The van der Waals surface area contributed by atoms with E-state index in [1.54, 1.807) is 0 Å². The lowest BCUT2D eigenvalue weighted by atomic mass is 9.53. The van der Waals surface area contributed by atoms with Crippen molar-refractivity contribution in [3.8, 4) is 0 Å². The van der Waals surface area contributed by atoms with Crippen LogP contribution < -0.4 is 10.6 Å². The minimum absolute atomic E-state index is 0.0446. The number of aromatic nitrogens is 2. The van der Waals surface area contributed by atoms with Crippen molar-refractivity contribution >= 4 is 5.91 Å². The molecule has 1 aliphatic heterocycles. The largest absolute Gasteiger partial charge is 0.345 e. The minimum Gasteiger partial charge on any atom is -0.345 e. The molecular formula is C17H24N4O. The van der Waals surface area contributed by atoms with Gasteiger partial charge >= 0.3 is 0 Å². The molecule has 0 aromatic carbocycles. The Morgan fingerprint density at radius 3 is 2.50 bits per heavy atom. The van der Waals surface area contributed by atoms with E-state index in [1.807, 2.05) is 0 Å². The van der Waals surface area contributed by atoms with Crippen LogP contribution in [0.3, 0.4) is 0 Å². The summed E-state index contributed by atoms with van der Waals surface area (Å²) in [7, 11) is 0. The number of aromatic amines is 1. The van der Waals surface area contributed by atoms with E-state index in [9.17, 15) is 4.79 Å². The molecule has 4 aliphatic carbocycles. The molecule has 1 aromatic heterocycles. The van der Waals surface area contributed by atoms with Gasteiger partial charge in [-0.3, -0.25) is 9.89 Å². The first kappa shape index (κ1) is 13.1. The standard InChI is InChI=1S/C17H24N4O/c22-16(15-13-9-18-2-1-14(13)20-21-15)19-17-6-10-3-11(7-17)5-12(4-10)8-17/h10-12,18H,1-9H2,(H,19,22)(H,20,21). The highest BCUT2D eigenvalue weighted by molar-refractivity contribution is 5.94. The Hall–Kier alpha value is -1.36. The normalized spacial score (nSPS) is 38.8. The number of hydrogen-bond acceptors (Lipinski definition) is 3. The summed E-state index contributed by atoms with van der Waals surface area (Å²) in [5.74, 6) is 2.59. The highest BCUT2D eigenvalue weighted by Gasteiger charge is 2.51. The molecule has 0 unspecified atom stereocenters. The maximum absolute atomic E-state index is 12.8. The van der Waals surface area contributed by atoms with Crippen LogP contribution in [0.5, 0.6) is 0 Å². The summed E-state index contributed by atoms with van der Waals surface area (Å²) in [6.07, 6.45) is 8.71. The molecule has 0 radical (unpaired) electrons. The molecule has 118 valence electrons. The second kappa shape index (κ2) is 4.57. The molecule has 4 saturated carbocycles. The molecule has 5 nitrogen and oxygen atoms in total. The van der Waals surface area contributed by atoms with Crippen molar-refractivity contribution in [2.24, 2.45) is 17.8 Å². The Balaban J connectivity index is 1.40. The number of rotatable bonds is 2. The molecule has 0 saturated heterocycles. The first-order valence-corrected chi connectivity index (χ1v) is 8.80. The molecular weight excluding hydrogens is 276 g/mol. The number of fused-ring (bicyclic) bond motifs is 1. The summed E-state index contributed by atoms with van der Waals surface area (Å²) in [5, 5.41) is 14.2. The fraction of sp³-hybridized carbons (Fsp3) is 0.765. The highest BCUT2D eigenvalue weighted by atomic mass is 16.2. The van der Waals surface area contributed by atoms with Crippen LogP contribution in [-0.2, 0) is 13.0 Å². The van der Waals surface area contributed by atoms with Crippen LogP contribution in [0.1, 0.15) is 60.3 Å². The lowest BCUT2D eigenvalue weighted by Gasteiger charge is -2.56. The monoisotopic (exact) mass is 300 g/mol. The van der Waals surface area contributed by atoms with Gasteiger partial charge < -0.3 is 10.6 Å². The van der Waals surface area contributed by atoms with Gasteiger partial charge in [0.15, 0.2) is 5.69 Å². The predicted octanol–water partition coefficient (Wildman–Crippen LogP) is 1.75. The molecule has 22 heavy (non-hydrogen) atoms. The maximum Gasteiger partial charge on any atom is 0.272 e. The van der Waals surface area contributed by atoms with E-state index >= 15 is 0 Å². The van der Waals surface area contributed by atoms with Crippen molar-refractivity contribution in [3.63, 3.8) is 0 Å². The van der Waals surface area contributed by atoms with Crippen molar-refractivity contribution < 1.29 is 4.79 Å². The SMILES string of the molecule is O=C(NC12CC3CC(CC(C3)C1)C2)c1n[nH]c2c1CNCC2. The third-order valence-electron chi connectivity index (χ3n) is 6.44. The Kier molecular flexibility index (Phi) is 2.72. The second-order valence-electron chi connectivity index (χ2n) is 8.11. The summed E-state index contributed by atoms with van der Waals surface area (Å²) >= 11 is 0. The van der Waals surface area contributed by atoms with Crippen LogP contribution in [0.4, 0.5) is 0 Å². The Morgan fingerprint density at radius 1 is 1.14 bits per heavy atom. The van der Waals surface area contributed by atoms with E-state index in [2.05, 4.69) is 20.8 Å². The third-order valence-corrected chi connectivity index (χ3v) is 6.44. The van der Waals surface area contributed by atoms with Gasteiger partial charge in [-0.1, -0.05) is 0 Å². The molecule has 1 aromatic rings. The van der Waals surface area contributed by atoms with Crippen molar-refractivity contribution in [2.75, 3.05) is 6.54 Å². The molecule has 1 amide bonds. The van der Waals surface area contributed by atoms with E-state index in [0.29, 0.717) is 5.69 Å². The van der Waals surface area contributed by atoms with Crippen molar-refractivity contribution in [1.29, 1.82) is 0 Å². The quantitative estimate of drug-likeness (QED) is 0.779. The number of carbonyl (C=O) groups excluding carboxylic acids is 1. The van der Waals surface area contributed by atoms with E-state index in [-0.39, 0.29) is 11.4 Å². The second-order valence-corrected chi connectivity index (χ2v) is 8.11. The fourth-order valence-electron chi connectivity index (χ4n) is 5.98. The molecule has 0 atom stereocenters. The maximum atomic E-state index is 12.8. The first-order valence-electron chi connectivity index (χ1n) is 8.80. The molecule has 5 heteroatoms. The van der Waals surface area contributed by atoms with E-state index < -0.39 is 0 Å². The number of H-pyrrole nitrogens is 1. The number of carbonyl (C=O) groups is 1. The van der Waals surface area contributed by atoms with E-state index in [4.69, 9.17) is 0 Å². The van der Waals surface area contributed by atoms with Gasteiger partial charge in [-0.15, -0.1) is 0 Å². The summed E-state index contributed by atoms with van der Waals surface area (Å²) in [6.45, 7) is 1.72. The average Bonchev–Trinajstić information content (AvgIpc) is 2.89. The van der Waals surface area contributed by atoms with Crippen LogP contribution in [0.25, 0.3) is 0 Å². The van der Waals surface area contributed by atoms with Gasteiger partial charge in [0.25, 0.3) is 5.91 Å². The van der Waals surface area contributed by atoms with Gasteiger partial charge in [0.05, 0.1) is 0 Å². The summed E-state index contributed by atoms with van der Waals surface area (Å²) < 4.78 is 0. The molecule has 4 fully saturated rings. The van der Waals surface area contributed by atoms with Gasteiger partial charge in [-0.25, -0.2) is 0 Å². The number of amides is 1. The molecule has 2 heterocycles. The molecule has 3 N–H and O–H groups in total. The number of nitrogens with zero attached hydrogens (tertiary/aromatic N) is 1. The van der Waals surface area contributed by atoms with Gasteiger partial charge in [0, 0.05) is 36.3 Å². The number of hydrogen-bond donors (Lipinski definition) is 3. The zero-order valence-electron chi connectivity index (χ0n) is 13.0. The van der Waals surface area contributed by atoms with Gasteiger partial charge in [0.1, 0.15) is 0 Å². The van der Waals surface area contributed by atoms with Gasteiger partial charge in [-0.05, 0) is 56.3 Å². The summed E-state index contributed by atoms with van der Waals surface area (Å²) in [4.78, 5) is 12.8.